The van der Waals surface area contributed by atoms with Crippen LogP contribution >= 0.6 is 11.6 Å². The van der Waals surface area contributed by atoms with Crippen LogP contribution < -0.4 is 20.9 Å². The Morgan fingerprint density at radius 3 is 2.54 bits per heavy atom. The molecule has 3 rings (SSSR count). The summed E-state index contributed by atoms with van der Waals surface area (Å²) >= 11 is 5.83. The van der Waals surface area contributed by atoms with Crippen molar-refractivity contribution in [3.63, 3.8) is 0 Å². The average molecular weight is 346 g/mol. The number of hydrogen-bond acceptors (Lipinski definition) is 4. The predicted molar refractivity (Wildman–Crippen MR) is 93.8 cm³/mol. The Kier molecular flexibility index (Phi) is 5.35. The molecule has 0 aromatic heterocycles. The number of amides is 1. The number of benzene rings is 2. The first-order valence-corrected chi connectivity index (χ1v) is 8.25. The molecule has 24 heavy (non-hydrogen) atoms. The second-order valence-corrected chi connectivity index (χ2v) is 6.24. The average Bonchev–Trinajstić information content (AvgIpc) is 2.96. The summed E-state index contributed by atoms with van der Waals surface area (Å²) in [6.07, 6.45) is 0. The first kappa shape index (κ1) is 16.8. The number of ether oxygens (including phenoxy) is 1. The van der Waals surface area contributed by atoms with Gasteiger partial charge in [0.25, 0.3) is 5.91 Å². The fourth-order valence-electron chi connectivity index (χ4n) is 2.76. The fraction of sp³-hybridized carbons (Fsp3) is 0.278. The van der Waals surface area contributed by atoms with Gasteiger partial charge in [-0.25, -0.2) is 5.43 Å². The van der Waals surface area contributed by atoms with E-state index < -0.39 is 0 Å². The van der Waals surface area contributed by atoms with Crippen molar-refractivity contribution < 1.29 is 9.53 Å². The minimum Gasteiger partial charge on any atom is -0.484 e. The molecule has 1 aliphatic heterocycles. The molecule has 0 saturated carbocycles. The highest BCUT2D eigenvalue weighted by Gasteiger charge is 2.35. The highest BCUT2D eigenvalue weighted by Crippen LogP contribution is 2.22. The minimum absolute atomic E-state index is 0.0145. The first-order valence-electron chi connectivity index (χ1n) is 7.87. The summed E-state index contributed by atoms with van der Waals surface area (Å²) in [5.41, 5.74) is 7.54. The second kappa shape index (κ2) is 7.66. The standard InChI is InChI=1S/C18H20ClN3O2/c1-12-17(18(22-21-12)13-5-3-2-4-6-13)20-16(23)11-24-15-9-7-14(19)8-10-15/h2-10,12,17-18,21-22H,11H2,1H3,(H,20,23). The van der Waals surface area contributed by atoms with Crippen molar-refractivity contribution in [3.8, 4) is 5.75 Å². The molecule has 2 aromatic carbocycles. The van der Waals surface area contributed by atoms with Gasteiger partial charge in [-0.15, -0.1) is 0 Å². The van der Waals surface area contributed by atoms with Crippen LogP contribution in [0, 0.1) is 0 Å². The van der Waals surface area contributed by atoms with E-state index in [0.29, 0.717) is 10.8 Å². The van der Waals surface area contributed by atoms with Crippen LogP contribution in [0.3, 0.4) is 0 Å². The van der Waals surface area contributed by atoms with Crippen molar-refractivity contribution in [1.29, 1.82) is 0 Å². The molecule has 6 heteroatoms. The van der Waals surface area contributed by atoms with E-state index in [0.717, 1.165) is 5.56 Å². The van der Waals surface area contributed by atoms with Crippen LogP contribution in [-0.2, 0) is 4.79 Å². The summed E-state index contributed by atoms with van der Waals surface area (Å²) in [5.74, 6) is 0.457. The number of hydrazine groups is 1. The van der Waals surface area contributed by atoms with Gasteiger partial charge in [-0.3, -0.25) is 10.2 Å². The number of hydrogen-bond donors (Lipinski definition) is 3. The number of carbonyl (C=O) groups is 1. The number of rotatable bonds is 5. The molecule has 3 atom stereocenters. The molecule has 3 N–H and O–H groups in total. The van der Waals surface area contributed by atoms with Crippen LogP contribution in [0.1, 0.15) is 18.5 Å². The molecule has 5 nitrogen and oxygen atoms in total. The van der Waals surface area contributed by atoms with Gasteiger partial charge in [0.2, 0.25) is 0 Å². The Balaban J connectivity index is 1.58. The summed E-state index contributed by atoms with van der Waals surface area (Å²) in [5, 5.41) is 3.68. The van der Waals surface area contributed by atoms with Gasteiger partial charge in [0, 0.05) is 11.1 Å². The monoisotopic (exact) mass is 345 g/mol. The van der Waals surface area contributed by atoms with E-state index in [1.807, 2.05) is 37.3 Å². The lowest BCUT2D eigenvalue weighted by molar-refractivity contribution is -0.124. The molecule has 1 aliphatic rings. The molecule has 0 bridgehead atoms. The molecule has 1 heterocycles. The molecule has 126 valence electrons. The Hall–Kier alpha value is -2.08. The molecular formula is C18H20ClN3O2. The largest absolute Gasteiger partial charge is 0.484 e. The smallest absolute Gasteiger partial charge is 0.258 e. The van der Waals surface area contributed by atoms with Gasteiger partial charge in [-0.05, 0) is 36.8 Å². The highest BCUT2D eigenvalue weighted by molar-refractivity contribution is 6.30. The Labute approximate surface area is 146 Å². The molecule has 0 radical (unpaired) electrons. The van der Waals surface area contributed by atoms with Gasteiger partial charge >= 0.3 is 0 Å². The fourth-order valence-corrected chi connectivity index (χ4v) is 2.88. The minimum atomic E-state index is -0.159. The maximum atomic E-state index is 12.2. The van der Waals surface area contributed by atoms with Gasteiger partial charge in [0.05, 0.1) is 12.1 Å². The normalized spacial score (nSPS) is 23.0. The van der Waals surface area contributed by atoms with Crippen molar-refractivity contribution >= 4 is 17.5 Å². The zero-order chi connectivity index (χ0) is 16.9. The van der Waals surface area contributed by atoms with E-state index >= 15 is 0 Å². The summed E-state index contributed by atoms with van der Waals surface area (Å²) < 4.78 is 5.50. The van der Waals surface area contributed by atoms with Crippen LogP contribution in [0.4, 0.5) is 0 Å². The second-order valence-electron chi connectivity index (χ2n) is 5.80. The van der Waals surface area contributed by atoms with E-state index in [4.69, 9.17) is 16.3 Å². The Morgan fingerprint density at radius 1 is 1.12 bits per heavy atom. The van der Waals surface area contributed by atoms with Crippen molar-refractivity contribution in [2.45, 2.75) is 25.0 Å². The SMILES string of the molecule is CC1NNC(c2ccccc2)C1NC(=O)COc1ccc(Cl)cc1. The van der Waals surface area contributed by atoms with Gasteiger partial charge in [0.1, 0.15) is 5.75 Å². The zero-order valence-electron chi connectivity index (χ0n) is 13.3. The van der Waals surface area contributed by atoms with Crippen LogP contribution in [0.2, 0.25) is 5.02 Å². The molecule has 1 amide bonds. The summed E-state index contributed by atoms with van der Waals surface area (Å²) in [6, 6.07) is 17.0. The zero-order valence-corrected chi connectivity index (χ0v) is 14.1. The molecular weight excluding hydrogens is 326 g/mol. The highest BCUT2D eigenvalue weighted by atomic mass is 35.5. The Bertz CT molecular complexity index is 678. The van der Waals surface area contributed by atoms with Crippen LogP contribution in [0.5, 0.6) is 5.75 Å². The van der Waals surface area contributed by atoms with Crippen LogP contribution in [-0.4, -0.2) is 24.6 Å². The molecule has 1 fully saturated rings. The predicted octanol–water partition coefficient (Wildman–Crippen LogP) is 2.44. The van der Waals surface area contributed by atoms with E-state index in [1.165, 1.54) is 0 Å². The number of halogens is 1. The van der Waals surface area contributed by atoms with Gasteiger partial charge < -0.3 is 10.1 Å². The van der Waals surface area contributed by atoms with E-state index in [9.17, 15) is 4.79 Å². The summed E-state index contributed by atoms with van der Waals surface area (Å²) in [7, 11) is 0. The molecule has 3 unspecified atom stereocenters. The van der Waals surface area contributed by atoms with E-state index in [2.05, 4.69) is 16.2 Å². The van der Waals surface area contributed by atoms with Gasteiger partial charge in [-0.1, -0.05) is 41.9 Å². The molecule has 1 saturated heterocycles. The third kappa shape index (κ3) is 4.06. The van der Waals surface area contributed by atoms with Crippen molar-refractivity contribution in [1.82, 2.24) is 16.2 Å². The summed E-state index contributed by atoms with van der Waals surface area (Å²) in [6.45, 7) is 1.99. The van der Waals surface area contributed by atoms with Crippen molar-refractivity contribution in [3.05, 3.63) is 65.2 Å². The maximum Gasteiger partial charge on any atom is 0.258 e. The third-order valence-electron chi connectivity index (χ3n) is 4.03. The topological polar surface area (TPSA) is 62.4 Å². The third-order valence-corrected chi connectivity index (χ3v) is 4.29. The lowest BCUT2D eigenvalue weighted by Gasteiger charge is -2.22. The van der Waals surface area contributed by atoms with Crippen molar-refractivity contribution in [2.24, 2.45) is 0 Å². The van der Waals surface area contributed by atoms with E-state index in [-0.39, 0.29) is 30.6 Å². The molecule has 2 aromatic rings. The lowest BCUT2D eigenvalue weighted by atomic mass is 9.97. The van der Waals surface area contributed by atoms with E-state index in [1.54, 1.807) is 24.3 Å². The molecule has 0 spiro atoms. The van der Waals surface area contributed by atoms with Gasteiger partial charge in [0.15, 0.2) is 6.61 Å². The number of carbonyl (C=O) groups excluding carboxylic acids is 1. The quantitative estimate of drug-likeness (QED) is 0.779. The van der Waals surface area contributed by atoms with Crippen LogP contribution in [0.15, 0.2) is 54.6 Å². The van der Waals surface area contributed by atoms with Crippen molar-refractivity contribution in [2.75, 3.05) is 6.61 Å². The van der Waals surface area contributed by atoms with Crippen LogP contribution in [0.25, 0.3) is 0 Å². The Morgan fingerprint density at radius 2 is 1.83 bits per heavy atom. The maximum absolute atomic E-state index is 12.2. The lowest BCUT2D eigenvalue weighted by Crippen LogP contribution is -2.46. The molecule has 0 aliphatic carbocycles. The number of nitrogens with one attached hydrogen (secondary N) is 3. The first-order chi connectivity index (χ1) is 11.6. The summed E-state index contributed by atoms with van der Waals surface area (Å²) in [4.78, 5) is 12.2. The van der Waals surface area contributed by atoms with Gasteiger partial charge in [-0.2, -0.15) is 0 Å².